The van der Waals surface area contributed by atoms with E-state index in [-0.39, 0.29) is 17.1 Å². The standard InChI is InChI=1S/C19H22N4O/c1-13-8-7-11-20-16(13)17(19(12-24-19)18(2,3)4)23-15-10-6-5-9-14(15)21-22-23/h5-11,17H,12H2,1-4H3/t17-,19-/m0/s1. The van der Waals surface area contributed by atoms with Gasteiger partial charge in [-0.15, -0.1) is 5.10 Å². The van der Waals surface area contributed by atoms with Crippen molar-refractivity contribution in [1.82, 2.24) is 20.0 Å². The van der Waals surface area contributed by atoms with Gasteiger partial charge < -0.3 is 4.74 Å². The third kappa shape index (κ3) is 2.15. The molecule has 0 unspecified atom stereocenters. The van der Waals surface area contributed by atoms with Gasteiger partial charge in [0.05, 0.1) is 17.8 Å². The zero-order valence-electron chi connectivity index (χ0n) is 14.5. The number of aromatic nitrogens is 4. The third-order valence-corrected chi connectivity index (χ3v) is 5.10. The summed E-state index contributed by atoms with van der Waals surface area (Å²) in [4.78, 5) is 4.69. The summed E-state index contributed by atoms with van der Waals surface area (Å²) < 4.78 is 8.07. The number of hydrogen-bond acceptors (Lipinski definition) is 4. The summed E-state index contributed by atoms with van der Waals surface area (Å²) in [6.45, 7) is 9.43. The summed E-state index contributed by atoms with van der Waals surface area (Å²) in [5.74, 6) is 0. The maximum absolute atomic E-state index is 6.08. The normalized spacial score (nSPS) is 21.8. The van der Waals surface area contributed by atoms with Crippen molar-refractivity contribution in [3.63, 3.8) is 0 Å². The number of aryl methyl sites for hydroxylation is 1. The highest BCUT2D eigenvalue weighted by atomic mass is 16.6. The highest BCUT2D eigenvalue weighted by Gasteiger charge is 2.62. The first-order valence-electron chi connectivity index (χ1n) is 8.29. The molecule has 0 aliphatic carbocycles. The smallest absolute Gasteiger partial charge is 0.128 e. The SMILES string of the molecule is Cc1cccnc1[C@H](n1nnc2ccccc21)[C@]1(C(C)(C)C)CO1. The first-order chi connectivity index (χ1) is 11.4. The predicted molar refractivity (Wildman–Crippen MR) is 92.8 cm³/mol. The molecule has 4 rings (SSSR count). The molecule has 5 nitrogen and oxygen atoms in total. The largest absolute Gasteiger partial charge is 0.366 e. The van der Waals surface area contributed by atoms with Crippen LogP contribution in [0.2, 0.25) is 0 Å². The van der Waals surface area contributed by atoms with Gasteiger partial charge >= 0.3 is 0 Å². The highest BCUT2D eigenvalue weighted by molar-refractivity contribution is 5.74. The molecule has 0 amide bonds. The summed E-state index contributed by atoms with van der Waals surface area (Å²) in [7, 11) is 0. The van der Waals surface area contributed by atoms with Crippen LogP contribution in [0, 0.1) is 12.3 Å². The van der Waals surface area contributed by atoms with Crippen molar-refractivity contribution in [3.05, 3.63) is 53.9 Å². The lowest BCUT2D eigenvalue weighted by Crippen LogP contribution is -2.41. The molecule has 24 heavy (non-hydrogen) atoms. The minimum Gasteiger partial charge on any atom is -0.366 e. The molecule has 2 atom stereocenters. The molecule has 1 aromatic carbocycles. The summed E-state index contributed by atoms with van der Waals surface area (Å²) in [5, 5.41) is 8.83. The van der Waals surface area contributed by atoms with E-state index in [9.17, 15) is 0 Å². The molecule has 3 heterocycles. The maximum Gasteiger partial charge on any atom is 0.128 e. The molecular formula is C19H22N4O. The molecule has 5 heteroatoms. The zero-order valence-corrected chi connectivity index (χ0v) is 14.5. The van der Waals surface area contributed by atoms with E-state index in [0.717, 1.165) is 22.3 Å². The lowest BCUT2D eigenvalue weighted by molar-refractivity contribution is 0.106. The average molecular weight is 322 g/mol. The molecule has 1 aliphatic rings. The minimum absolute atomic E-state index is 0.0469. The van der Waals surface area contributed by atoms with Gasteiger partial charge in [0.1, 0.15) is 17.2 Å². The van der Waals surface area contributed by atoms with Gasteiger partial charge in [-0.3, -0.25) is 4.98 Å². The number of nitrogens with zero attached hydrogens (tertiary/aromatic N) is 4. The van der Waals surface area contributed by atoms with E-state index in [1.54, 1.807) is 0 Å². The van der Waals surface area contributed by atoms with E-state index in [2.05, 4.69) is 50.1 Å². The van der Waals surface area contributed by atoms with E-state index in [0.29, 0.717) is 6.61 Å². The minimum atomic E-state index is -0.331. The van der Waals surface area contributed by atoms with E-state index < -0.39 is 0 Å². The van der Waals surface area contributed by atoms with Crippen LogP contribution in [-0.2, 0) is 4.74 Å². The molecule has 1 fully saturated rings. The van der Waals surface area contributed by atoms with E-state index in [4.69, 9.17) is 9.72 Å². The van der Waals surface area contributed by atoms with Gasteiger partial charge in [-0.1, -0.05) is 44.2 Å². The molecule has 1 saturated heterocycles. The van der Waals surface area contributed by atoms with Gasteiger partial charge in [0.15, 0.2) is 0 Å². The summed E-state index contributed by atoms with van der Waals surface area (Å²) in [5.41, 5.74) is 3.66. The van der Waals surface area contributed by atoms with Crippen LogP contribution >= 0.6 is 0 Å². The first-order valence-corrected chi connectivity index (χ1v) is 8.29. The number of fused-ring (bicyclic) bond motifs is 1. The van der Waals surface area contributed by atoms with Crippen LogP contribution in [0.15, 0.2) is 42.6 Å². The Hall–Kier alpha value is -2.27. The molecule has 1 aliphatic heterocycles. The van der Waals surface area contributed by atoms with Crippen LogP contribution in [0.4, 0.5) is 0 Å². The van der Waals surface area contributed by atoms with Crippen molar-refractivity contribution in [2.45, 2.75) is 39.3 Å². The number of pyridine rings is 1. The first kappa shape index (κ1) is 15.3. The maximum atomic E-state index is 6.08. The second-order valence-corrected chi connectivity index (χ2v) is 7.56. The second-order valence-electron chi connectivity index (χ2n) is 7.56. The number of para-hydroxylation sites is 1. The Labute approximate surface area is 141 Å². The Morgan fingerprint density at radius 3 is 2.58 bits per heavy atom. The Morgan fingerprint density at radius 2 is 1.92 bits per heavy atom. The summed E-state index contributed by atoms with van der Waals surface area (Å²) >= 11 is 0. The van der Waals surface area contributed by atoms with Gasteiger partial charge in [0, 0.05) is 6.20 Å². The lowest BCUT2D eigenvalue weighted by Gasteiger charge is -2.35. The van der Waals surface area contributed by atoms with Crippen LogP contribution < -0.4 is 0 Å². The van der Waals surface area contributed by atoms with Crippen molar-refractivity contribution in [3.8, 4) is 0 Å². The topological polar surface area (TPSA) is 56.1 Å². The summed E-state index contributed by atoms with van der Waals surface area (Å²) in [6, 6.07) is 12.0. The van der Waals surface area contributed by atoms with Crippen molar-refractivity contribution in [1.29, 1.82) is 0 Å². The Balaban J connectivity index is 1.97. The zero-order chi connectivity index (χ0) is 16.9. The van der Waals surface area contributed by atoms with Crippen LogP contribution in [0.1, 0.15) is 38.1 Å². The number of hydrogen-bond donors (Lipinski definition) is 0. The summed E-state index contributed by atoms with van der Waals surface area (Å²) in [6.07, 6.45) is 1.84. The van der Waals surface area contributed by atoms with Crippen molar-refractivity contribution < 1.29 is 4.74 Å². The fourth-order valence-corrected chi connectivity index (χ4v) is 3.47. The van der Waals surface area contributed by atoms with Crippen molar-refractivity contribution >= 4 is 11.0 Å². The molecule has 0 bridgehead atoms. The van der Waals surface area contributed by atoms with Crippen molar-refractivity contribution in [2.75, 3.05) is 6.61 Å². The Kier molecular flexibility index (Phi) is 3.25. The third-order valence-electron chi connectivity index (χ3n) is 5.10. The van der Waals surface area contributed by atoms with Crippen molar-refractivity contribution in [2.24, 2.45) is 5.41 Å². The van der Waals surface area contributed by atoms with E-state index in [1.165, 1.54) is 0 Å². The molecule has 3 aromatic rings. The molecule has 0 saturated carbocycles. The molecule has 124 valence electrons. The quantitative estimate of drug-likeness (QED) is 0.692. The molecule has 2 aromatic heterocycles. The van der Waals surface area contributed by atoms with Gasteiger partial charge in [0.2, 0.25) is 0 Å². The van der Waals surface area contributed by atoms with E-state index >= 15 is 0 Å². The average Bonchev–Trinajstić information content (AvgIpc) is 3.25. The number of epoxide rings is 1. The number of rotatable bonds is 3. The van der Waals surface area contributed by atoms with Gasteiger partial charge in [-0.25, -0.2) is 4.68 Å². The van der Waals surface area contributed by atoms with Crippen LogP contribution in [0.25, 0.3) is 11.0 Å². The Morgan fingerprint density at radius 1 is 1.17 bits per heavy atom. The molecule has 0 N–H and O–H groups in total. The van der Waals surface area contributed by atoms with Crippen LogP contribution in [0.5, 0.6) is 0 Å². The molecule has 0 spiro atoms. The number of ether oxygens (including phenoxy) is 1. The predicted octanol–water partition coefficient (Wildman–Crippen LogP) is 3.54. The molecule has 0 radical (unpaired) electrons. The fraction of sp³-hybridized carbons (Fsp3) is 0.421. The van der Waals surface area contributed by atoms with Gasteiger partial charge in [0.25, 0.3) is 0 Å². The van der Waals surface area contributed by atoms with Gasteiger partial charge in [-0.05, 0) is 36.1 Å². The van der Waals surface area contributed by atoms with Crippen LogP contribution in [0.3, 0.4) is 0 Å². The second kappa shape index (κ2) is 5.11. The monoisotopic (exact) mass is 322 g/mol. The highest BCUT2D eigenvalue weighted by Crippen LogP contribution is 2.54. The number of benzene rings is 1. The molecular weight excluding hydrogens is 300 g/mol. The van der Waals surface area contributed by atoms with Crippen LogP contribution in [-0.4, -0.2) is 32.2 Å². The fourth-order valence-electron chi connectivity index (χ4n) is 3.47. The lowest BCUT2D eigenvalue weighted by atomic mass is 9.74. The van der Waals surface area contributed by atoms with E-state index in [1.807, 2.05) is 35.1 Å². The van der Waals surface area contributed by atoms with Gasteiger partial charge in [-0.2, -0.15) is 0 Å². The Bertz CT molecular complexity index is 890.